The van der Waals surface area contributed by atoms with E-state index < -0.39 is 56.0 Å². The minimum atomic E-state index is -4.82. The second-order valence-electron chi connectivity index (χ2n) is 8.26. The summed E-state index contributed by atoms with van der Waals surface area (Å²) in [6.45, 7) is 2.02. The lowest BCUT2D eigenvalue weighted by Crippen LogP contribution is -2.24. The van der Waals surface area contributed by atoms with Crippen LogP contribution in [-0.2, 0) is 21.0 Å². The van der Waals surface area contributed by atoms with Crippen LogP contribution in [0.3, 0.4) is 0 Å². The average molecular weight is 524 g/mol. The smallest absolute Gasteiger partial charge is 0.418 e. The van der Waals surface area contributed by atoms with Crippen molar-refractivity contribution in [1.29, 1.82) is 0 Å². The quantitative estimate of drug-likeness (QED) is 0.462. The van der Waals surface area contributed by atoms with Crippen molar-refractivity contribution in [2.75, 3.05) is 22.7 Å². The number of aryl methyl sites for hydroxylation is 1. The molecule has 0 radical (unpaired) electrons. The topological polar surface area (TPSA) is 112 Å². The molecule has 2 N–H and O–H groups in total. The SMILES string of the molecule is Cc1ccc(F)cc1-c1nc(NS(=O)(=O)c2cccc(N3CCC(C(=O)O)C3)n2)ccc1C(F)(F)F. The molecular formula is C23H20F4N4O4S. The molecule has 2 aromatic heterocycles. The Labute approximate surface area is 203 Å². The number of carboxylic acid groups (broad SMARTS) is 1. The Hall–Kier alpha value is -3.74. The molecule has 1 atom stereocenters. The van der Waals surface area contributed by atoms with E-state index in [4.69, 9.17) is 0 Å². The normalized spacial score (nSPS) is 16.2. The Balaban J connectivity index is 1.68. The third kappa shape index (κ3) is 5.25. The van der Waals surface area contributed by atoms with Crippen molar-refractivity contribution in [2.45, 2.75) is 24.5 Å². The Morgan fingerprint density at radius 2 is 1.89 bits per heavy atom. The van der Waals surface area contributed by atoms with Crippen molar-refractivity contribution in [3.8, 4) is 11.3 Å². The van der Waals surface area contributed by atoms with Gasteiger partial charge in [-0.2, -0.15) is 21.6 Å². The third-order valence-corrected chi connectivity index (χ3v) is 7.00. The number of aromatic nitrogens is 2. The molecule has 1 saturated heterocycles. The maximum Gasteiger partial charge on any atom is 0.418 e. The van der Waals surface area contributed by atoms with E-state index in [1.807, 2.05) is 0 Å². The largest absolute Gasteiger partial charge is 0.481 e. The Morgan fingerprint density at radius 3 is 2.56 bits per heavy atom. The number of nitrogens with zero attached hydrogens (tertiary/aromatic N) is 3. The van der Waals surface area contributed by atoms with Crippen LogP contribution in [0.5, 0.6) is 0 Å². The highest BCUT2D eigenvalue weighted by Gasteiger charge is 2.35. The van der Waals surface area contributed by atoms with Crippen LogP contribution in [0.4, 0.5) is 29.2 Å². The van der Waals surface area contributed by atoms with E-state index in [1.54, 1.807) is 4.90 Å². The van der Waals surface area contributed by atoms with Gasteiger partial charge in [0.2, 0.25) is 0 Å². The molecule has 4 rings (SSSR count). The van der Waals surface area contributed by atoms with E-state index in [2.05, 4.69) is 14.7 Å². The number of carbonyl (C=O) groups is 1. The minimum absolute atomic E-state index is 0.134. The molecule has 1 aliphatic rings. The summed E-state index contributed by atoms with van der Waals surface area (Å²) >= 11 is 0. The van der Waals surface area contributed by atoms with Crippen LogP contribution in [0.1, 0.15) is 17.5 Å². The van der Waals surface area contributed by atoms with Gasteiger partial charge in [-0.3, -0.25) is 9.52 Å². The molecule has 8 nitrogen and oxygen atoms in total. The monoisotopic (exact) mass is 524 g/mol. The summed E-state index contributed by atoms with van der Waals surface area (Å²) in [5, 5.41) is 8.75. The van der Waals surface area contributed by atoms with Gasteiger partial charge in [0.25, 0.3) is 10.0 Å². The summed E-state index contributed by atoms with van der Waals surface area (Å²) in [6.07, 6.45) is -4.44. The van der Waals surface area contributed by atoms with Crippen LogP contribution in [0.2, 0.25) is 0 Å². The molecule has 1 aliphatic heterocycles. The molecule has 0 aliphatic carbocycles. The van der Waals surface area contributed by atoms with E-state index in [-0.39, 0.29) is 17.9 Å². The maximum atomic E-state index is 13.8. The number of hydrogen-bond donors (Lipinski definition) is 2. The molecule has 0 bridgehead atoms. The second kappa shape index (κ2) is 9.37. The van der Waals surface area contributed by atoms with Crippen LogP contribution >= 0.6 is 0 Å². The van der Waals surface area contributed by atoms with Crippen LogP contribution in [0, 0.1) is 18.7 Å². The Kier molecular flexibility index (Phi) is 6.60. The summed E-state index contributed by atoms with van der Waals surface area (Å²) < 4.78 is 82.9. The van der Waals surface area contributed by atoms with E-state index in [9.17, 15) is 35.9 Å². The predicted molar refractivity (Wildman–Crippen MR) is 122 cm³/mol. The summed E-state index contributed by atoms with van der Waals surface area (Å²) in [7, 11) is -4.38. The Bertz CT molecular complexity index is 1430. The maximum absolute atomic E-state index is 13.8. The Morgan fingerprint density at radius 1 is 1.14 bits per heavy atom. The molecule has 1 unspecified atom stereocenters. The van der Waals surface area contributed by atoms with Gasteiger partial charge < -0.3 is 10.0 Å². The number of halogens is 4. The first-order valence-corrected chi connectivity index (χ1v) is 12.2. The van der Waals surface area contributed by atoms with Crippen molar-refractivity contribution in [3.05, 3.63) is 65.5 Å². The number of aliphatic carboxylic acids is 1. The fourth-order valence-electron chi connectivity index (χ4n) is 3.89. The van der Waals surface area contributed by atoms with Gasteiger partial charge in [0.1, 0.15) is 17.5 Å². The summed E-state index contributed by atoms with van der Waals surface area (Å²) in [5.74, 6) is -2.50. The first kappa shape index (κ1) is 25.4. The zero-order valence-electron chi connectivity index (χ0n) is 18.8. The van der Waals surface area contributed by atoms with Crippen LogP contribution < -0.4 is 9.62 Å². The molecule has 1 aromatic carbocycles. The van der Waals surface area contributed by atoms with Crippen molar-refractivity contribution in [1.82, 2.24) is 9.97 Å². The van der Waals surface area contributed by atoms with Gasteiger partial charge in [0, 0.05) is 18.7 Å². The number of alkyl halides is 3. The van der Waals surface area contributed by atoms with Gasteiger partial charge in [-0.1, -0.05) is 12.1 Å². The lowest BCUT2D eigenvalue weighted by atomic mass is 10.0. The van der Waals surface area contributed by atoms with Gasteiger partial charge in [-0.25, -0.2) is 14.4 Å². The summed E-state index contributed by atoms with van der Waals surface area (Å²) in [5.41, 5.74) is -1.60. The fourth-order valence-corrected chi connectivity index (χ4v) is 4.85. The van der Waals surface area contributed by atoms with E-state index in [0.717, 1.165) is 18.2 Å². The molecule has 36 heavy (non-hydrogen) atoms. The number of hydrogen-bond acceptors (Lipinski definition) is 6. The molecule has 13 heteroatoms. The number of benzene rings is 1. The highest BCUT2D eigenvalue weighted by atomic mass is 32.2. The number of carboxylic acids is 1. The highest BCUT2D eigenvalue weighted by molar-refractivity contribution is 7.92. The molecule has 0 spiro atoms. The van der Waals surface area contributed by atoms with E-state index in [1.165, 1.54) is 31.2 Å². The fraction of sp³-hybridized carbons (Fsp3) is 0.261. The van der Waals surface area contributed by atoms with Crippen molar-refractivity contribution in [2.24, 2.45) is 5.92 Å². The molecule has 3 heterocycles. The third-order valence-electron chi connectivity index (χ3n) is 5.74. The molecular weight excluding hydrogens is 504 g/mol. The average Bonchev–Trinajstić information content (AvgIpc) is 3.31. The number of sulfonamides is 1. The molecule has 0 saturated carbocycles. The molecule has 0 amide bonds. The van der Waals surface area contributed by atoms with E-state index in [0.29, 0.717) is 24.6 Å². The molecule has 190 valence electrons. The predicted octanol–water partition coefficient (Wildman–Crippen LogP) is 4.32. The minimum Gasteiger partial charge on any atom is -0.481 e. The van der Waals surface area contributed by atoms with Crippen LogP contribution in [-0.4, -0.2) is 42.6 Å². The summed E-state index contributed by atoms with van der Waals surface area (Å²) in [6, 6.07) is 8.97. The zero-order valence-corrected chi connectivity index (χ0v) is 19.6. The first-order chi connectivity index (χ1) is 16.8. The number of pyridine rings is 2. The van der Waals surface area contributed by atoms with Crippen LogP contribution in [0.15, 0.2) is 53.6 Å². The lowest BCUT2D eigenvalue weighted by molar-refractivity contribution is -0.141. The number of rotatable bonds is 6. The summed E-state index contributed by atoms with van der Waals surface area (Å²) in [4.78, 5) is 20.8. The van der Waals surface area contributed by atoms with Gasteiger partial charge >= 0.3 is 12.1 Å². The number of nitrogens with one attached hydrogen (secondary N) is 1. The molecule has 1 fully saturated rings. The number of anilines is 2. The van der Waals surface area contributed by atoms with E-state index >= 15 is 0 Å². The van der Waals surface area contributed by atoms with Gasteiger partial charge in [-0.05, 0) is 55.3 Å². The van der Waals surface area contributed by atoms with Gasteiger partial charge in [-0.15, -0.1) is 0 Å². The van der Waals surface area contributed by atoms with Gasteiger partial charge in [0.15, 0.2) is 5.03 Å². The van der Waals surface area contributed by atoms with Crippen LogP contribution in [0.25, 0.3) is 11.3 Å². The zero-order chi connectivity index (χ0) is 26.3. The van der Waals surface area contributed by atoms with Crippen molar-refractivity contribution < 1.29 is 35.9 Å². The lowest BCUT2D eigenvalue weighted by Gasteiger charge is -2.18. The standard InChI is InChI=1S/C23H20F4N4O4S/c1-13-5-6-15(24)11-16(13)21-17(23(25,26)27)7-8-18(28-21)30-36(34,35)20-4-2-3-19(29-20)31-10-9-14(12-31)22(32)33/h2-8,11,14H,9-10,12H2,1H3,(H,28,30)(H,32,33). The van der Waals surface area contributed by atoms with Crippen molar-refractivity contribution in [3.63, 3.8) is 0 Å². The van der Waals surface area contributed by atoms with Gasteiger partial charge in [0.05, 0.1) is 17.2 Å². The second-order valence-corrected chi connectivity index (χ2v) is 9.89. The molecule has 3 aromatic rings. The highest BCUT2D eigenvalue weighted by Crippen LogP contribution is 2.38. The van der Waals surface area contributed by atoms with Crippen molar-refractivity contribution >= 4 is 27.6 Å². The first-order valence-electron chi connectivity index (χ1n) is 10.7.